The Hall–Kier alpha value is -2.90. The van der Waals surface area contributed by atoms with E-state index in [0.717, 1.165) is 0 Å². The summed E-state index contributed by atoms with van der Waals surface area (Å²) in [6.07, 6.45) is 3.54. The van der Waals surface area contributed by atoms with Crippen molar-refractivity contribution in [2.24, 2.45) is 0 Å². The van der Waals surface area contributed by atoms with Gasteiger partial charge in [-0.2, -0.15) is 0 Å². The first kappa shape index (κ1) is 17.5. The number of ether oxygens (including phenoxy) is 2. The van der Waals surface area contributed by atoms with Crippen LogP contribution in [0, 0.1) is 0 Å². The molecule has 1 aliphatic heterocycles. The Labute approximate surface area is 139 Å². The third kappa shape index (κ3) is 3.89. The Morgan fingerprint density at radius 3 is 2.67 bits per heavy atom. The second-order valence-corrected chi connectivity index (χ2v) is 5.02. The molecule has 0 radical (unpaired) electrons. The van der Waals surface area contributed by atoms with E-state index in [1.165, 1.54) is 35.5 Å². The number of esters is 1. The number of methoxy groups -OCH3 is 1. The molecule has 0 bridgehead atoms. The van der Waals surface area contributed by atoms with Crippen LogP contribution < -0.4 is 0 Å². The molecule has 1 fully saturated rings. The maximum Gasteiger partial charge on any atom is 0.428 e. The highest BCUT2D eigenvalue weighted by molar-refractivity contribution is 5.95. The molecule has 2 rings (SSSR count). The van der Waals surface area contributed by atoms with E-state index in [4.69, 9.17) is 4.74 Å². The summed E-state index contributed by atoms with van der Waals surface area (Å²) < 4.78 is 9.67. The Kier molecular flexibility index (Phi) is 5.89. The minimum atomic E-state index is -0.575. The minimum absolute atomic E-state index is 0.133. The molecule has 8 heteroatoms. The summed E-state index contributed by atoms with van der Waals surface area (Å²) in [5.41, 5.74) is 0.379. The molecule has 0 atom stereocenters. The molecule has 1 aliphatic rings. The van der Waals surface area contributed by atoms with Crippen molar-refractivity contribution >= 4 is 18.0 Å². The zero-order valence-corrected chi connectivity index (χ0v) is 13.4. The van der Waals surface area contributed by atoms with Crippen LogP contribution in [-0.4, -0.2) is 59.8 Å². The molecular weight excluding hydrogens is 314 g/mol. The first-order valence-electron chi connectivity index (χ1n) is 7.49. The Morgan fingerprint density at radius 2 is 2.04 bits per heavy atom. The number of amides is 2. The third-order valence-electron chi connectivity index (χ3n) is 3.43. The van der Waals surface area contributed by atoms with Gasteiger partial charge in [0.25, 0.3) is 5.91 Å². The lowest BCUT2D eigenvalue weighted by Gasteiger charge is -2.26. The first-order chi connectivity index (χ1) is 11.6. The Balaban J connectivity index is 2.05. The minimum Gasteiger partial charge on any atom is -0.465 e. The second kappa shape index (κ2) is 8.09. The largest absolute Gasteiger partial charge is 0.465 e. The van der Waals surface area contributed by atoms with Crippen LogP contribution >= 0.6 is 0 Å². The fraction of sp³-hybridized carbons (Fsp3) is 0.375. The molecule has 0 aromatic carbocycles. The van der Waals surface area contributed by atoms with Crippen LogP contribution in [0.25, 0.3) is 0 Å². The smallest absolute Gasteiger partial charge is 0.428 e. The topological polar surface area (TPSA) is 89.0 Å². The molecule has 2 heterocycles. The van der Waals surface area contributed by atoms with E-state index < -0.39 is 18.0 Å². The summed E-state index contributed by atoms with van der Waals surface area (Å²) in [6, 6.07) is 2.88. The average molecular weight is 333 g/mol. The summed E-state index contributed by atoms with van der Waals surface area (Å²) in [5, 5.41) is 2.57. The van der Waals surface area contributed by atoms with E-state index in [2.05, 4.69) is 16.3 Å². The number of rotatable bonds is 5. The average Bonchev–Trinajstić information content (AvgIpc) is 3.10. The van der Waals surface area contributed by atoms with Gasteiger partial charge < -0.3 is 9.47 Å². The van der Waals surface area contributed by atoms with Gasteiger partial charge in [-0.3, -0.25) is 9.78 Å². The van der Waals surface area contributed by atoms with E-state index >= 15 is 0 Å². The molecule has 0 N–H and O–H groups in total. The van der Waals surface area contributed by atoms with E-state index in [9.17, 15) is 14.4 Å². The summed E-state index contributed by atoms with van der Waals surface area (Å²) in [4.78, 5) is 39.9. The van der Waals surface area contributed by atoms with Gasteiger partial charge in [-0.15, -0.1) is 6.58 Å². The fourth-order valence-electron chi connectivity index (χ4n) is 2.21. The number of carbonyl (C=O) groups is 3. The summed E-state index contributed by atoms with van der Waals surface area (Å²) in [6.45, 7) is 4.57. The predicted octanol–water partition coefficient (Wildman–Crippen LogP) is 1.64. The van der Waals surface area contributed by atoms with Crippen molar-refractivity contribution in [1.82, 2.24) is 15.0 Å². The molecule has 1 saturated heterocycles. The molecule has 0 spiro atoms. The molecule has 0 aliphatic carbocycles. The molecular formula is C16H19N3O5. The number of carbonyl (C=O) groups excluding carboxylic acids is 3. The van der Waals surface area contributed by atoms with Gasteiger partial charge in [0.2, 0.25) is 0 Å². The predicted molar refractivity (Wildman–Crippen MR) is 84.1 cm³/mol. The molecule has 1 aromatic heterocycles. The highest BCUT2D eigenvalue weighted by Crippen LogP contribution is 2.16. The van der Waals surface area contributed by atoms with Crippen LogP contribution in [0.2, 0.25) is 0 Å². The standard InChI is InChI=1S/C16H19N3O5/c1-3-4-10-24-16(22)19-9-5-8-18(19)14(20)13-7-6-12(11-17-13)15(21)23-2/h3,6-7,11H,1,4-5,8-10H2,2H3. The van der Waals surface area contributed by atoms with Gasteiger partial charge in [-0.25, -0.2) is 19.6 Å². The maximum absolute atomic E-state index is 12.5. The van der Waals surface area contributed by atoms with Gasteiger partial charge in [0, 0.05) is 19.3 Å². The molecule has 1 aromatic rings. The Bertz CT molecular complexity index is 629. The van der Waals surface area contributed by atoms with E-state index in [1.54, 1.807) is 6.08 Å². The summed E-state index contributed by atoms with van der Waals surface area (Å²) >= 11 is 0. The SMILES string of the molecule is C=CCCOC(=O)N1CCCN1C(=O)c1ccc(C(=O)OC)cn1. The summed E-state index contributed by atoms with van der Waals surface area (Å²) in [7, 11) is 1.27. The van der Waals surface area contributed by atoms with Crippen LogP contribution in [0.3, 0.4) is 0 Å². The summed E-state index contributed by atoms with van der Waals surface area (Å²) in [5.74, 6) is -0.959. The highest BCUT2D eigenvalue weighted by Gasteiger charge is 2.32. The normalized spacial score (nSPS) is 13.5. The van der Waals surface area contributed by atoms with Gasteiger partial charge in [0.15, 0.2) is 0 Å². The van der Waals surface area contributed by atoms with Gasteiger partial charge in [0.1, 0.15) is 5.69 Å². The lowest BCUT2D eigenvalue weighted by molar-refractivity contribution is 0.0133. The van der Waals surface area contributed by atoms with Crippen LogP contribution in [0.5, 0.6) is 0 Å². The fourth-order valence-corrected chi connectivity index (χ4v) is 2.21. The first-order valence-corrected chi connectivity index (χ1v) is 7.49. The van der Waals surface area contributed by atoms with Crippen molar-refractivity contribution in [3.8, 4) is 0 Å². The van der Waals surface area contributed by atoms with Crippen LogP contribution in [0.15, 0.2) is 31.0 Å². The van der Waals surface area contributed by atoms with E-state index in [1.807, 2.05) is 0 Å². The van der Waals surface area contributed by atoms with Crippen LogP contribution in [0.4, 0.5) is 4.79 Å². The number of hydrogen-bond donors (Lipinski definition) is 0. The lowest BCUT2D eigenvalue weighted by Crippen LogP contribution is -2.45. The lowest BCUT2D eigenvalue weighted by atomic mass is 10.2. The van der Waals surface area contributed by atoms with Crippen molar-refractivity contribution in [2.75, 3.05) is 26.8 Å². The molecule has 0 unspecified atom stereocenters. The zero-order chi connectivity index (χ0) is 17.5. The zero-order valence-electron chi connectivity index (χ0n) is 13.4. The number of aromatic nitrogens is 1. The van der Waals surface area contributed by atoms with E-state index in [0.29, 0.717) is 25.9 Å². The second-order valence-electron chi connectivity index (χ2n) is 5.02. The Morgan fingerprint density at radius 1 is 1.29 bits per heavy atom. The molecule has 128 valence electrons. The van der Waals surface area contributed by atoms with Crippen molar-refractivity contribution < 1.29 is 23.9 Å². The van der Waals surface area contributed by atoms with Crippen molar-refractivity contribution in [2.45, 2.75) is 12.8 Å². The quantitative estimate of drug-likeness (QED) is 0.462. The van der Waals surface area contributed by atoms with Gasteiger partial charge >= 0.3 is 12.1 Å². The van der Waals surface area contributed by atoms with E-state index in [-0.39, 0.29) is 17.9 Å². The monoisotopic (exact) mass is 333 g/mol. The van der Waals surface area contributed by atoms with Crippen LogP contribution in [-0.2, 0) is 9.47 Å². The molecule has 2 amide bonds. The third-order valence-corrected chi connectivity index (χ3v) is 3.43. The van der Waals surface area contributed by atoms with Crippen molar-refractivity contribution in [3.63, 3.8) is 0 Å². The van der Waals surface area contributed by atoms with Crippen LogP contribution in [0.1, 0.15) is 33.7 Å². The van der Waals surface area contributed by atoms with Gasteiger partial charge in [-0.1, -0.05) is 6.08 Å². The molecule has 8 nitrogen and oxygen atoms in total. The van der Waals surface area contributed by atoms with Crippen molar-refractivity contribution in [3.05, 3.63) is 42.2 Å². The van der Waals surface area contributed by atoms with Gasteiger partial charge in [-0.05, 0) is 25.0 Å². The maximum atomic E-state index is 12.5. The number of hydrogen-bond acceptors (Lipinski definition) is 6. The number of hydrazine groups is 1. The number of pyridine rings is 1. The molecule has 24 heavy (non-hydrogen) atoms. The molecule has 0 saturated carbocycles. The number of nitrogens with zero attached hydrogens (tertiary/aromatic N) is 3. The highest BCUT2D eigenvalue weighted by atomic mass is 16.6. The van der Waals surface area contributed by atoms with Gasteiger partial charge in [0.05, 0.1) is 19.3 Å². The van der Waals surface area contributed by atoms with Crippen molar-refractivity contribution in [1.29, 1.82) is 0 Å².